The predicted molar refractivity (Wildman–Crippen MR) is 87.2 cm³/mol. The van der Waals surface area contributed by atoms with Crippen LogP contribution in [0.2, 0.25) is 0 Å². The van der Waals surface area contributed by atoms with Crippen molar-refractivity contribution in [1.82, 2.24) is 9.62 Å². The van der Waals surface area contributed by atoms with Crippen molar-refractivity contribution in [3.8, 4) is 11.5 Å². The van der Waals surface area contributed by atoms with Crippen molar-refractivity contribution in [2.45, 2.75) is 13.3 Å². The summed E-state index contributed by atoms with van der Waals surface area (Å²) in [5.74, 6) is 0.632. The zero-order valence-electron chi connectivity index (χ0n) is 13.3. The smallest absolute Gasteiger partial charge is 0.345 e. The Morgan fingerprint density at radius 3 is 2.83 bits per heavy atom. The highest BCUT2D eigenvalue weighted by Crippen LogP contribution is 2.33. The molecule has 3 rings (SSSR count). The Labute approximate surface area is 140 Å². The first-order chi connectivity index (χ1) is 11.4. The summed E-state index contributed by atoms with van der Waals surface area (Å²) in [7, 11) is -2.67. The van der Waals surface area contributed by atoms with Gasteiger partial charge < -0.3 is 14.8 Å². The highest BCUT2D eigenvalue weighted by atomic mass is 32.2. The van der Waals surface area contributed by atoms with Gasteiger partial charge in [-0.05, 0) is 30.7 Å². The van der Waals surface area contributed by atoms with E-state index < -0.39 is 16.1 Å². The topological polar surface area (TPSA) is 97.3 Å². The zero-order valence-corrected chi connectivity index (χ0v) is 14.1. The van der Waals surface area contributed by atoms with Gasteiger partial charge in [0.25, 0.3) is 5.91 Å². The van der Waals surface area contributed by atoms with Crippen LogP contribution in [0.25, 0.3) is 0 Å². The maximum atomic E-state index is 12.2. The third-order valence-electron chi connectivity index (χ3n) is 3.61. The SMILES string of the molecule is CCCNC(=O)C1=CC(c2ccc3c(c2)OCO3)=NS(=O)(=O)N1C. The Morgan fingerprint density at radius 2 is 2.08 bits per heavy atom. The van der Waals surface area contributed by atoms with E-state index in [1.54, 1.807) is 18.2 Å². The summed E-state index contributed by atoms with van der Waals surface area (Å²) in [6.07, 6.45) is 2.20. The molecule has 0 saturated carbocycles. The number of fused-ring (bicyclic) bond motifs is 1. The monoisotopic (exact) mass is 351 g/mol. The Hall–Kier alpha value is -2.55. The van der Waals surface area contributed by atoms with Crippen molar-refractivity contribution in [1.29, 1.82) is 0 Å². The maximum absolute atomic E-state index is 12.2. The number of ether oxygens (including phenoxy) is 2. The number of hydrogen-bond acceptors (Lipinski definition) is 5. The van der Waals surface area contributed by atoms with Crippen LogP contribution in [0.1, 0.15) is 18.9 Å². The second-order valence-corrected chi connectivity index (χ2v) is 6.90. The van der Waals surface area contributed by atoms with Gasteiger partial charge >= 0.3 is 10.2 Å². The minimum atomic E-state index is -3.97. The summed E-state index contributed by atoms with van der Waals surface area (Å²) in [5, 5.41) is 2.67. The number of rotatable bonds is 4. The van der Waals surface area contributed by atoms with Crippen LogP contribution < -0.4 is 14.8 Å². The van der Waals surface area contributed by atoms with E-state index >= 15 is 0 Å². The molecule has 8 nitrogen and oxygen atoms in total. The molecule has 128 valence electrons. The van der Waals surface area contributed by atoms with Crippen LogP contribution >= 0.6 is 0 Å². The summed E-state index contributed by atoms with van der Waals surface area (Å²) in [6, 6.07) is 4.99. The van der Waals surface area contributed by atoms with Crippen LogP contribution in [0.4, 0.5) is 0 Å². The first-order valence-electron chi connectivity index (χ1n) is 7.41. The second-order valence-electron chi connectivity index (χ2n) is 5.28. The van der Waals surface area contributed by atoms with Crippen LogP contribution in [-0.2, 0) is 15.0 Å². The van der Waals surface area contributed by atoms with E-state index in [4.69, 9.17) is 9.47 Å². The third kappa shape index (κ3) is 2.94. The average Bonchev–Trinajstić information content (AvgIpc) is 3.02. The van der Waals surface area contributed by atoms with E-state index in [1.165, 1.54) is 13.1 Å². The first kappa shape index (κ1) is 16.3. The molecule has 0 saturated heterocycles. The van der Waals surface area contributed by atoms with Crippen LogP contribution in [0.3, 0.4) is 0 Å². The van der Waals surface area contributed by atoms with E-state index in [0.717, 1.165) is 10.7 Å². The molecule has 0 atom stereocenters. The summed E-state index contributed by atoms with van der Waals surface area (Å²) in [4.78, 5) is 12.2. The average molecular weight is 351 g/mol. The molecule has 0 spiro atoms. The number of benzene rings is 1. The molecule has 0 aliphatic carbocycles. The fraction of sp³-hybridized carbons (Fsp3) is 0.333. The Bertz CT molecular complexity index is 845. The Balaban J connectivity index is 2.00. The van der Waals surface area contributed by atoms with Gasteiger partial charge in [0.1, 0.15) is 5.70 Å². The highest BCUT2D eigenvalue weighted by Gasteiger charge is 2.30. The molecule has 2 heterocycles. The number of amides is 1. The first-order valence-corrected chi connectivity index (χ1v) is 8.81. The summed E-state index contributed by atoms with van der Waals surface area (Å²) < 4.78 is 39.7. The standard InChI is InChI=1S/C15H17N3O5S/c1-3-6-16-15(19)12-8-11(17-24(20,21)18(12)2)10-4-5-13-14(7-10)23-9-22-13/h4-5,7-8H,3,6,9H2,1-2H3,(H,16,19). The number of carbonyl (C=O) groups excluding carboxylic acids is 1. The normalized spacial score (nSPS) is 18.0. The Morgan fingerprint density at radius 1 is 1.33 bits per heavy atom. The van der Waals surface area contributed by atoms with Gasteiger partial charge in [-0.15, -0.1) is 4.40 Å². The molecule has 0 bridgehead atoms. The molecule has 0 radical (unpaired) electrons. The van der Waals surface area contributed by atoms with Crippen molar-refractivity contribution in [3.05, 3.63) is 35.5 Å². The largest absolute Gasteiger partial charge is 0.454 e. The van der Waals surface area contributed by atoms with Gasteiger partial charge in [0.2, 0.25) is 6.79 Å². The zero-order chi connectivity index (χ0) is 17.3. The van der Waals surface area contributed by atoms with Crippen molar-refractivity contribution < 1.29 is 22.7 Å². The second kappa shape index (κ2) is 6.16. The minimum absolute atomic E-state index is 0.0196. The molecule has 24 heavy (non-hydrogen) atoms. The van der Waals surface area contributed by atoms with Gasteiger partial charge in [-0.3, -0.25) is 4.79 Å². The molecule has 2 aliphatic rings. The fourth-order valence-corrected chi connectivity index (χ4v) is 3.20. The molecule has 1 aromatic carbocycles. The number of likely N-dealkylation sites (N-methyl/N-ethyl adjacent to an activating group) is 1. The number of allylic oxidation sites excluding steroid dienone is 1. The molecule has 9 heteroatoms. The van der Waals surface area contributed by atoms with Crippen molar-refractivity contribution in [2.75, 3.05) is 20.4 Å². The fourth-order valence-electron chi connectivity index (χ4n) is 2.29. The molecule has 0 aromatic heterocycles. The van der Waals surface area contributed by atoms with Gasteiger partial charge in [0.05, 0.1) is 5.71 Å². The van der Waals surface area contributed by atoms with Gasteiger partial charge in [0, 0.05) is 19.2 Å². The van der Waals surface area contributed by atoms with E-state index in [0.29, 0.717) is 23.6 Å². The lowest BCUT2D eigenvalue weighted by Crippen LogP contribution is -2.38. The molecule has 1 amide bonds. The lowest BCUT2D eigenvalue weighted by atomic mass is 10.1. The lowest BCUT2D eigenvalue weighted by molar-refractivity contribution is -0.118. The van der Waals surface area contributed by atoms with Crippen molar-refractivity contribution in [3.63, 3.8) is 0 Å². The minimum Gasteiger partial charge on any atom is -0.454 e. The molecular weight excluding hydrogens is 334 g/mol. The quantitative estimate of drug-likeness (QED) is 0.865. The molecular formula is C15H17N3O5S. The summed E-state index contributed by atoms with van der Waals surface area (Å²) in [6.45, 7) is 2.49. The number of nitrogens with zero attached hydrogens (tertiary/aromatic N) is 2. The van der Waals surface area contributed by atoms with Gasteiger partial charge in [-0.1, -0.05) is 6.92 Å². The summed E-state index contributed by atoms with van der Waals surface area (Å²) >= 11 is 0. The lowest BCUT2D eigenvalue weighted by Gasteiger charge is -2.23. The van der Waals surface area contributed by atoms with Crippen LogP contribution in [-0.4, -0.2) is 44.7 Å². The van der Waals surface area contributed by atoms with Gasteiger partial charge in [-0.25, -0.2) is 4.31 Å². The molecule has 1 aromatic rings. The van der Waals surface area contributed by atoms with Crippen molar-refractivity contribution >= 4 is 21.8 Å². The molecule has 0 fully saturated rings. The number of carbonyl (C=O) groups is 1. The van der Waals surface area contributed by atoms with Crippen LogP contribution in [0, 0.1) is 0 Å². The Kier molecular flexibility index (Phi) is 4.18. The maximum Gasteiger partial charge on any atom is 0.345 e. The van der Waals surface area contributed by atoms with Crippen molar-refractivity contribution in [2.24, 2.45) is 4.40 Å². The molecule has 1 N–H and O–H groups in total. The van der Waals surface area contributed by atoms with Gasteiger partial charge in [0.15, 0.2) is 11.5 Å². The third-order valence-corrected chi connectivity index (χ3v) is 4.93. The van der Waals surface area contributed by atoms with Crippen LogP contribution in [0.5, 0.6) is 11.5 Å². The molecule has 0 unspecified atom stereocenters. The van der Waals surface area contributed by atoms with E-state index in [2.05, 4.69) is 9.71 Å². The van der Waals surface area contributed by atoms with E-state index in [-0.39, 0.29) is 18.2 Å². The van der Waals surface area contributed by atoms with E-state index in [1.807, 2.05) is 6.92 Å². The van der Waals surface area contributed by atoms with Crippen LogP contribution in [0.15, 0.2) is 34.4 Å². The van der Waals surface area contributed by atoms with E-state index in [9.17, 15) is 13.2 Å². The number of hydrogen-bond donors (Lipinski definition) is 1. The highest BCUT2D eigenvalue weighted by molar-refractivity contribution is 7.88. The summed E-state index contributed by atoms with van der Waals surface area (Å²) in [5.41, 5.74) is 0.718. The van der Waals surface area contributed by atoms with Gasteiger partial charge in [-0.2, -0.15) is 8.42 Å². The molecule has 2 aliphatic heterocycles. The number of nitrogens with one attached hydrogen (secondary N) is 1. The predicted octanol–water partition coefficient (Wildman–Crippen LogP) is 0.805.